The molecule has 0 aliphatic carbocycles. The Morgan fingerprint density at radius 3 is 2.00 bits per heavy atom. The third-order valence-corrected chi connectivity index (χ3v) is 5.70. The maximum Gasteiger partial charge on any atom is 0.326 e. The summed E-state index contributed by atoms with van der Waals surface area (Å²) in [6.45, 7) is 0.478. The lowest BCUT2D eigenvalue weighted by molar-refractivity contribution is -0.142. The molecule has 0 aliphatic rings. The number of benzene rings is 1. The fraction of sp³-hybridized carbons (Fsp3) is 0.522. The molecule has 0 radical (unpaired) electrons. The van der Waals surface area contributed by atoms with Gasteiger partial charge in [0, 0.05) is 18.6 Å². The summed E-state index contributed by atoms with van der Waals surface area (Å²) in [6.07, 6.45) is 1.36. The topological polar surface area (TPSA) is 220 Å². The van der Waals surface area contributed by atoms with Crippen LogP contribution in [0, 0.1) is 0 Å². The van der Waals surface area contributed by atoms with E-state index < -0.39 is 53.8 Å². The van der Waals surface area contributed by atoms with Crippen molar-refractivity contribution in [2.75, 3.05) is 12.3 Å². The Kier molecular flexibility index (Phi) is 14.1. The number of hydrogen-bond acceptors (Lipinski definition) is 8. The van der Waals surface area contributed by atoms with E-state index in [1.54, 1.807) is 30.3 Å². The number of primary amides is 1. The monoisotopic (exact) mass is 524 g/mol. The third kappa shape index (κ3) is 11.5. The molecule has 0 spiro atoms. The van der Waals surface area contributed by atoms with Crippen LogP contribution in [0.15, 0.2) is 30.3 Å². The number of hydrogen-bond donors (Lipinski definition) is 8. The van der Waals surface area contributed by atoms with Crippen molar-refractivity contribution in [3.8, 4) is 0 Å². The van der Waals surface area contributed by atoms with Crippen LogP contribution in [0.3, 0.4) is 0 Å². The molecule has 13 heteroatoms. The van der Waals surface area contributed by atoms with Crippen LogP contribution in [0.1, 0.15) is 37.7 Å². The van der Waals surface area contributed by atoms with E-state index in [1.165, 1.54) is 0 Å². The highest BCUT2D eigenvalue weighted by Crippen LogP contribution is 2.07. The molecule has 1 rings (SSSR count). The number of carboxylic acid groups (broad SMARTS) is 1. The minimum absolute atomic E-state index is 0.0480. The quantitative estimate of drug-likeness (QED) is 0.0875. The maximum atomic E-state index is 13.0. The number of carbonyl (C=O) groups excluding carboxylic acids is 4. The lowest BCUT2D eigenvalue weighted by Gasteiger charge is -2.24. The number of unbranched alkanes of at least 4 members (excludes halogenated alkanes) is 1. The highest BCUT2D eigenvalue weighted by atomic mass is 32.1. The van der Waals surface area contributed by atoms with Gasteiger partial charge in [-0.1, -0.05) is 36.8 Å². The summed E-state index contributed by atoms with van der Waals surface area (Å²) in [5.41, 5.74) is 17.1. The zero-order valence-corrected chi connectivity index (χ0v) is 20.9. The van der Waals surface area contributed by atoms with E-state index in [2.05, 4.69) is 28.6 Å². The number of nitrogens with two attached hydrogens (primary N) is 3. The number of carboxylic acids is 1. The molecular weight excluding hydrogens is 488 g/mol. The summed E-state index contributed by atoms with van der Waals surface area (Å²) in [5, 5.41) is 16.9. The predicted octanol–water partition coefficient (Wildman–Crippen LogP) is -1.58. The minimum atomic E-state index is -1.38. The van der Waals surface area contributed by atoms with E-state index in [0.29, 0.717) is 31.4 Å². The Labute approximate surface area is 215 Å². The molecule has 0 fully saturated rings. The minimum Gasteiger partial charge on any atom is -0.480 e. The lowest BCUT2D eigenvalue weighted by atomic mass is 10.0. The molecule has 0 aromatic heterocycles. The largest absolute Gasteiger partial charge is 0.480 e. The SMILES string of the molecule is NCCCCC(N)C(=O)NC(CS)C(=O)NC(Cc1ccccc1)C(=O)NC(CCC(N)=O)C(=O)O. The molecule has 1 aromatic rings. The van der Waals surface area contributed by atoms with Gasteiger partial charge in [-0.05, 0) is 31.4 Å². The first-order valence-electron chi connectivity index (χ1n) is 11.6. The Hall–Kier alpha value is -3.16. The zero-order valence-electron chi connectivity index (χ0n) is 20.0. The van der Waals surface area contributed by atoms with E-state index in [9.17, 15) is 29.1 Å². The van der Waals surface area contributed by atoms with Gasteiger partial charge in [-0.25, -0.2) is 4.79 Å². The number of rotatable bonds is 17. The van der Waals surface area contributed by atoms with E-state index in [1.807, 2.05) is 0 Å². The average Bonchev–Trinajstić information content (AvgIpc) is 2.84. The molecule has 10 N–H and O–H groups in total. The number of amides is 4. The van der Waals surface area contributed by atoms with Gasteiger partial charge >= 0.3 is 5.97 Å². The summed E-state index contributed by atoms with van der Waals surface area (Å²) in [7, 11) is 0. The normalized spacial score (nSPS) is 14.1. The molecule has 0 bridgehead atoms. The van der Waals surface area contributed by atoms with Gasteiger partial charge in [0.05, 0.1) is 6.04 Å². The molecule has 0 heterocycles. The molecule has 200 valence electrons. The van der Waals surface area contributed by atoms with Gasteiger partial charge in [0.15, 0.2) is 0 Å². The van der Waals surface area contributed by atoms with Gasteiger partial charge in [0.1, 0.15) is 18.1 Å². The second-order valence-electron chi connectivity index (χ2n) is 8.29. The highest BCUT2D eigenvalue weighted by Gasteiger charge is 2.30. The predicted molar refractivity (Wildman–Crippen MR) is 137 cm³/mol. The third-order valence-electron chi connectivity index (χ3n) is 5.33. The second-order valence-corrected chi connectivity index (χ2v) is 8.66. The van der Waals surface area contributed by atoms with Gasteiger partial charge in [-0.15, -0.1) is 0 Å². The van der Waals surface area contributed by atoms with Crippen molar-refractivity contribution in [3.63, 3.8) is 0 Å². The van der Waals surface area contributed by atoms with E-state index in [0.717, 1.165) is 0 Å². The summed E-state index contributed by atoms with van der Waals surface area (Å²) in [4.78, 5) is 60.9. The first-order valence-corrected chi connectivity index (χ1v) is 12.2. The maximum absolute atomic E-state index is 13.0. The fourth-order valence-electron chi connectivity index (χ4n) is 3.26. The lowest BCUT2D eigenvalue weighted by Crippen LogP contribution is -2.58. The molecular formula is C23H36N6O6S. The Morgan fingerprint density at radius 2 is 1.44 bits per heavy atom. The van der Waals surface area contributed by atoms with Crippen LogP contribution in [0.5, 0.6) is 0 Å². The summed E-state index contributed by atoms with van der Waals surface area (Å²) < 4.78 is 0. The van der Waals surface area contributed by atoms with Crippen molar-refractivity contribution < 1.29 is 29.1 Å². The first-order chi connectivity index (χ1) is 17.1. The summed E-state index contributed by atoms with van der Waals surface area (Å²) in [6, 6.07) is 4.29. The Balaban J connectivity index is 2.96. The van der Waals surface area contributed by atoms with Crippen LogP contribution in [0.25, 0.3) is 0 Å². The van der Waals surface area contributed by atoms with Crippen LogP contribution in [0.4, 0.5) is 0 Å². The number of carbonyl (C=O) groups is 5. The molecule has 36 heavy (non-hydrogen) atoms. The molecule has 0 saturated carbocycles. The van der Waals surface area contributed by atoms with Gasteiger partial charge in [0.25, 0.3) is 0 Å². The zero-order chi connectivity index (χ0) is 27.1. The van der Waals surface area contributed by atoms with Gasteiger partial charge in [-0.3, -0.25) is 19.2 Å². The van der Waals surface area contributed by atoms with Crippen LogP contribution in [-0.2, 0) is 30.4 Å². The van der Waals surface area contributed by atoms with Crippen molar-refractivity contribution in [3.05, 3.63) is 35.9 Å². The summed E-state index contributed by atoms with van der Waals surface area (Å²) in [5.74, 6) is -4.12. The first kappa shape index (κ1) is 30.9. The van der Waals surface area contributed by atoms with Crippen molar-refractivity contribution in [2.45, 2.75) is 62.7 Å². The molecule has 0 saturated heterocycles. The summed E-state index contributed by atoms with van der Waals surface area (Å²) >= 11 is 4.13. The Bertz CT molecular complexity index is 887. The smallest absolute Gasteiger partial charge is 0.326 e. The number of nitrogens with one attached hydrogen (secondary N) is 3. The molecule has 4 atom stereocenters. The van der Waals surface area contributed by atoms with E-state index in [4.69, 9.17) is 17.2 Å². The average molecular weight is 525 g/mol. The van der Waals surface area contributed by atoms with Crippen LogP contribution >= 0.6 is 12.6 Å². The number of thiol groups is 1. The van der Waals surface area contributed by atoms with Crippen LogP contribution in [0.2, 0.25) is 0 Å². The van der Waals surface area contributed by atoms with Crippen LogP contribution in [-0.4, -0.2) is 71.2 Å². The highest BCUT2D eigenvalue weighted by molar-refractivity contribution is 7.80. The standard InChI is InChI=1S/C23H36N6O6S/c24-11-5-4-8-15(25)20(31)29-18(13-36)22(33)28-17(12-14-6-2-1-3-7-14)21(32)27-16(23(34)35)9-10-19(26)30/h1-3,6-7,15-18,36H,4-5,8-13,24-25H2,(H2,26,30)(H,27,32)(H,28,33)(H,29,31)(H,34,35). The molecule has 4 amide bonds. The van der Waals surface area contributed by atoms with Gasteiger partial charge < -0.3 is 38.3 Å². The fourth-order valence-corrected chi connectivity index (χ4v) is 3.52. The van der Waals surface area contributed by atoms with E-state index in [-0.39, 0.29) is 25.0 Å². The van der Waals surface area contributed by atoms with Crippen molar-refractivity contribution in [1.82, 2.24) is 16.0 Å². The van der Waals surface area contributed by atoms with E-state index >= 15 is 0 Å². The van der Waals surface area contributed by atoms with Gasteiger partial charge in [-0.2, -0.15) is 12.6 Å². The molecule has 0 aliphatic heterocycles. The molecule has 12 nitrogen and oxygen atoms in total. The van der Waals surface area contributed by atoms with Crippen molar-refractivity contribution in [2.24, 2.45) is 17.2 Å². The number of aliphatic carboxylic acids is 1. The second kappa shape index (κ2) is 16.5. The molecule has 1 aromatic carbocycles. The van der Waals surface area contributed by atoms with Crippen molar-refractivity contribution in [1.29, 1.82) is 0 Å². The van der Waals surface area contributed by atoms with Gasteiger partial charge in [0.2, 0.25) is 23.6 Å². The molecule has 4 unspecified atom stereocenters. The van der Waals surface area contributed by atoms with Crippen LogP contribution < -0.4 is 33.2 Å². The van der Waals surface area contributed by atoms with Crippen molar-refractivity contribution >= 4 is 42.2 Å². The Morgan fingerprint density at radius 1 is 0.861 bits per heavy atom.